The number of quaternary nitrogens is 1. The van der Waals surface area contributed by atoms with Gasteiger partial charge in [-0.05, 0) is 11.6 Å². The van der Waals surface area contributed by atoms with E-state index in [9.17, 15) is 9.90 Å². The third-order valence-electron chi connectivity index (χ3n) is 4.21. The molecule has 0 saturated carbocycles. The summed E-state index contributed by atoms with van der Waals surface area (Å²) in [5.41, 5.74) is 2.16. The molecule has 0 spiro atoms. The zero-order chi connectivity index (χ0) is 12.7. The van der Waals surface area contributed by atoms with E-state index in [-0.39, 0.29) is 5.75 Å². The normalized spacial score (nSPS) is 26.4. The van der Waals surface area contributed by atoms with Gasteiger partial charge in [0, 0.05) is 6.42 Å². The molecule has 2 heterocycles. The Morgan fingerprint density at radius 1 is 1.39 bits per heavy atom. The topological polar surface area (TPSA) is 51.0 Å². The minimum atomic E-state index is 0.276. The number of hydrogen-bond acceptors (Lipinski definition) is 3. The number of aromatic hydroxyl groups is 1. The summed E-state index contributed by atoms with van der Waals surface area (Å²) in [7, 11) is 1.57. The second-order valence-electron chi connectivity index (χ2n) is 5.23. The number of hydrogen-bond donors (Lipinski definition) is 2. The molecular formula is C14H18NO3+. The van der Waals surface area contributed by atoms with Crippen molar-refractivity contribution in [1.82, 2.24) is 0 Å². The van der Waals surface area contributed by atoms with E-state index in [1.807, 2.05) is 12.1 Å². The summed E-state index contributed by atoms with van der Waals surface area (Å²) >= 11 is 0. The van der Waals surface area contributed by atoms with Gasteiger partial charge in [-0.25, -0.2) is 0 Å². The summed E-state index contributed by atoms with van der Waals surface area (Å²) in [6.07, 6.45) is 2.24. The molecule has 0 amide bonds. The Balaban J connectivity index is 1.95. The summed E-state index contributed by atoms with van der Waals surface area (Å²) in [5.74, 6) is 1.20. The molecule has 0 bridgehead atoms. The molecule has 0 radical (unpaired) electrons. The van der Waals surface area contributed by atoms with Crippen molar-refractivity contribution in [1.29, 1.82) is 0 Å². The third kappa shape index (κ3) is 1.77. The molecule has 1 fully saturated rings. The van der Waals surface area contributed by atoms with Gasteiger partial charge < -0.3 is 14.7 Å². The number of Topliss-reactive ketones (excluding diaryl/α,β-unsaturated/α-hetero) is 1. The highest BCUT2D eigenvalue weighted by atomic mass is 16.5. The van der Waals surface area contributed by atoms with Gasteiger partial charge in [-0.15, -0.1) is 0 Å². The van der Waals surface area contributed by atoms with Crippen LogP contribution in [-0.4, -0.2) is 30.6 Å². The molecule has 2 aliphatic heterocycles. The van der Waals surface area contributed by atoms with Gasteiger partial charge in [0.05, 0.1) is 38.1 Å². The molecule has 4 heteroatoms. The lowest BCUT2D eigenvalue weighted by Crippen LogP contribution is -3.16. The van der Waals surface area contributed by atoms with Crippen molar-refractivity contribution >= 4 is 5.78 Å². The third-order valence-corrected chi connectivity index (χ3v) is 4.21. The number of phenols is 1. The average molecular weight is 248 g/mol. The van der Waals surface area contributed by atoms with Crippen molar-refractivity contribution in [3.05, 3.63) is 23.3 Å². The van der Waals surface area contributed by atoms with E-state index in [1.54, 1.807) is 7.11 Å². The fourth-order valence-electron chi connectivity index (χ4n) is 3.18. The SMILES string of the molecule is COc1ccc2c(c1O)C[NH+]1CCC(=O)C[C@@H]1C2. The predicted octanol–water partition coefficient (Wildman–Crippen LogP) is 0.0733. The largest absolute Gasteiger partial charge is 0.504 e. The molecule has 4 nitrogen and oxygen atoms in total. The van der Waals surface area contributed by atoms with Crippen LogP contribution >= 0.6 is 0 Å². The summed E-state index contributed by atoms with van der Waals surface area (Å²) in [6.45, 7) is 1.69. The van der Waals surface area contributed by atoms with E-state index < -0.39 is 0 Å². The second-order valence-corrected chi connectivity index (χ2v) is 5.23. The maximum absolute atomic E-state index is 11.5. The molecule has 0 aromatic heterocycles. The van der Waals surface area contributed by atoms with Gasteiger partial charge in [0.25, 0.3) is 0 Å². The maximum atomic E-state index is 11.5. The summed E-state index contributed by atoms with van der Waals surface area (Å²) in [4.78, 5) is 12.9. The number of carbonyl (C=O) groups excluding carboxylic acids is 1. The summed E-state index contributed by atoms with van der Waals surface area (Å²) in [6, 6.07) is 4.22. The van der Waals surface area contributed by atoms with Crippen LogP contribution in [0.5, 0.6) is 11.5 Å². The summed E-state index contributed by atoms with van der Waals surface area (Å²) < 4.78 is 5.15. The van der Waals surface area contributed by atoms with Crippen molar-refractivity contribution < 1.29 is 19.5 Å². The zero-order valence-electron chi connectivity index (χ0n) is 10.5. The molecule has 2 aliphatic rings. The van der Waals surface area contributed by atoms with Crippen LogP contribution in [0.4, 0.5) is 0 Å². The number of fused-ring (bicyclic) bond motifs is 2. The number of ketones is 1. The Kier molecular flexibility index (Phi) is 2.74. The Hall–Kier alpha value is -1.55. The standard InChI is InChI=1S/C14H17NO3/c1-18-13-3-2-9-6-10-7-11(16)4-5-15(10)8-12(9)14(13)17/h2-3,10,17H,4-8H2,1H3/p+1/t10-/m0/s1. The lowest BCUT2D eigenvalue weighted by atomic mass is 9.87. The zero-order valence-corrected chi connectivity index (χ0v) is 10.5. The van der Waals surface area contributed by atoms with Crippen LogP contribution in [0, 0.1) is 0 Å². The first kappa shape index (κ1) is 11.5. The second kappa shape index (κ2) is 4.28. The Labute approximate surface area is 106 Å². The number of methoxy groups -OCH3 is 1. The number of rotatable bonds is 1. The number of phenolic OH excluding ortho intramolecular Hbond substituents is 1. The van der Waals surface area contributed by atoms with Crippen LogP contribution in [-0.2, 0) is 17.8 Å². The first-order chi connectivity index (χ1) is 8.69. The van der Waals surface area contributed by atoms with Gasteiger partial charge in [-0.1, -0.05) is 6.07 Å². The van der Waals surface area contributed by atoms with Crippen LogP contribution in [0.2, 0.25) is 0 Å². The van der Waals surface area contributed by atoms with Crippen molar-refractivity contribution in [3.63, 3.8) is 0 Å². The van der Waals surface area contributed by atoms with E-state index in [1.165, 1.54) is 4.90 Å². The van der Waals surface area contributed by atoms with Crippen molar-refractivity contribution in [2.75, 3.05) is 13.7 Å². The van der Waals surface area contributed by atoms with Crippen molar-refractivity contribution in [3.8, 4) is 11.5 Å². The molecule has 2 atom stereocenters. The van der Waals surface area contributed by atoms with Crippen molar-refractivity contribution in [2.45, 2.75) is 31.8 Å². The fourth-order valence-corrected chi connectivity index (χ4v) is 3.18. The number of nitrogens with one attached hydrogen (secondary N) is 1. The van der Waals surface area contributed by atoms with Crippen molar-refractivity contribution in [2.24, 2.45) is 0 Å². The van der Waals surface area contributed by atoms with Gasteiger partial charge in [-0.3, -0.25) is 4.79 Å². The minimum absolute atomic E-state index is 0.276. The van der Waals surface area contributed by atoms with Crippen LogP contribution in [0.1, 0.15) is 24.0 Å². The summed E-state index contributed by atoms with van der Waals surface area (Å²) in [5, 5.41) is 10.2. The molecular weight excluding hydrogens is 230 g/mol. The molecule has 1 unspecified atom stereocenters. The Morgan fingerprint density at radius 2 is 2.22 bits per heavy atom. The van der Waals surface area contributed by atoms with Crippen LogP contribution in [0.3, 0.4) is 0 Å². The number of ether oxygens (including phenoxy) is 1. The average Bonchev–Trinajstić information content (AvgIpc) is 2.37. The molecule has 1 aromatic carbocycles. The van der Waals surface area contributed by atoms with Gasteiger partial charge in [0.2, 0.25) is 0 Å². The number of carbonyl (C=O) groups is 1. The lowest BCUT2D eigenvalue weighted by molar-refractivity contribution is -0.942. The first-order valence-corrected chi connectivity index (χ1v) is 6.43. The van der Waals surface area contributed by atoms with Crippen LogP contribution < -0.4 is 9.64 Å². The smallest absolute Gasteiger partial charge is 0.166 e. The molecule has 18 heavy (non-hydrogen) atoms. The van der Waals surface area contributed by atoms with E-state index in [0.717, 1.165) is 30.6 Å². The monoisotopic (exact) mass is 248 g/mol. The van der Waals surface area contributed by atoms with Gasteiger partial charge in [0.15, 0.2) is 11.5 Å². The van der Waals surface area contributed by atoms with Gasteiger partial charge >= 0.3 is 0 Å². The van der Waals surface area contributed by atoms with Crippen LogP contribution in [0.15, 0.2) is 12.1 Å². The number of piperidine rings is 1. The van der Waals surface area contributed by atoms with E-state index in [2.05, 4.69) is 0 Å². The molecule has 2 N–H and O–H groups in total. The first-order valence-electron chi connectivity index (χ1n) is 6.43. The highest BCUT2D eigenvalue weighted by Gasteiger charge is 2.36. The van der Waals surface area contributed by atoms with E-state index in [0.29, 0.717) is 30.4 Å². The highest BCUT2D eigenvalue weighted by molar-refractivity contribution is 5.79. The molecule has 96 valence electrons. The molecule has 1 aromatic rings. The molecule has 1 saturated heterocycles. The van der Waals surface area contributed by atoms with Gasteiger partial charge in [-0.2, -0.15) is 0 Å². The quantitative estimate of drug-likeness (QED) is 0.739. The Bertz CT molecular complexity index is 498. The van der Waals surface area contributed by atoms with E-state index in [4.69, 9.17) is 4.74 Å². The maximum Gasteiger partial charge on any atom is 0.166 e. The van der Waals surface area contributed by atoms with E-state index >= 15 is 0 Å². The van der Waals surface area contributed by atoms with Gasteiger partial charge in [0.1, 0.15) is 12.3 Å². The predicted molar refractivity (Wildman–Crippen MR) is 65.9 cm³/mol. The number of benzene rings is 1. The lowest BCUT2D eigenvalue weighted by Gasteiger charge is -2.36. The highest BCUT2D eigenvalue weighted by Crippen LogP contribution is 2.34. The molecule has 3 rings (SSSR count). The fraction of sp³-hybridized carbons (Fsp3) is 0.500. The molecule has 0 aliphatic carbocycles. The van der Waals surface area contributed by atoms with Crippen LogP contribution in [0.25, 0.3) is 0 Å². The Morgan fingerprint density at radius 3 is 3.00 bits per heavy atom. The minimum Gasteiger partial charge on any atom is -0.504 e.